The molecule has 4 rings (SSSR count). The van der Waals surface area contributed by atoms with E-state index in [1.807, 2.05) is 0 Å². The number of carbonyl (C=O) groups is 2. The van der Waals surface area contributed by atoms with E-state index >= 15 is 0 Å². The zero-order valence-electron chi connectivity index (χ0n) is 17.1. The largest absolute Gasteiger partial charge is 0.491 e. The molecule has 0 radical (unpaired) electrons. The van der Waals surface area contributed by atoms with Crippen molar-refractivity contribution in [2.75, 3.05) is 39.5 Å². The van der Waals surface area contributed by atoms with E-state index in [4.69, 9.17) is 9.47 Å². The van der Waals surface area contributed by atoms with Gasteiger partial charge in [0.05, 0.1) is 19.3 Å². The molecule has 0 spiro atoms. The summed E-state index contributed by atoms with van der Waals surface area (Å²) in [6, 6.07) is 9.96. The van der Waals surface area contributed by atoms with Crippen LogP contribution in [0.15, 0.2) is 42.5 Å². The lowest BCUT2D eigenvalue weighted by Crippen LogP contribution is -2.40. The standard InChI is InChI=1S/C23H24F2N2O4/c24-20-8-5-17(14-21(20)25)23(29)27-9-1-2-18(27)15-31-19-6-3-16(4-7-19)22(28)26-10-12-30-13-11-26/h3-8,14,18H,1-2,9-13,15H2/t18-/m0/s1. The lowest BCUT2D eigenvalue weighted by Gasteiger charge is -2.27. The Morgan fingerprint density at radius 1 is 0.935 bits per heavy atom. The minimum atomic E-state index is -1.04. The summed E-state index contributed by atoms with van der Waals surface area (Å²) in [5.74, 6) is -1.78. The molecule has 2 aromatic rings. The number of carbonyl (C=O) groups excluding carboxylic acids is 2. The van der Waals surface area contributed by atoms with E-state index in [0.29, 0.717) is 44.2 Å². The monoisotopic (exact) mass is 430 g/mol. The zero-order valence-corrected chi connectivity index (χ0v) is 17.1. The second-order valence-electron chi connectivity index (χ2n) is 7.66. The summed E-state index contributed by atoms with van der Waals surface area (Å²) in [5, 5.41) is 0. The molecule has 0 saturated carbocycles. The quantitative estimate of drug-likeness (QED) is 0.732. The lowest BCUT2D eigenvalue weighted by molar-refractivity contribution is 0.0303. The first-order chi connectivity index (χ1) is 15.0. The normalized spacial score (nSPS) is 18.8. The molecule has 2 amide bonds. The number of rotatable bonds is 5. The average Bonchev–Trinajstić information content (AvgIpc) is 3.28. The van der Waals surface area contributed by atoms with Gasteiger partial charge in [0.25, 0.3) is 11.8 Å². The highest BCUT2D eigenvalue weighted by Gasteiger charge is 2.30. The molecule has 2 aromatic carbocycles. The molecule has 0 bridgehead atoms. The number of hydrogen-bond acceptors (Lipinski definition) is 4. The second kappa shape index (κ2) is 9.43. The fourth-order valence-corrected chi connectivity index (χ4v) is 3.91. The molecular weight excluding hydrogens is 406 g/mol. The Bertz CT molecular complexity index is 945. The van der Waals surface area contributed by atoms with Gasteiger partial charge >= 0.3 is 0 Å². The molecular formula is C23H24F2N2O4. The highest BCUT2D eigenvalue weighted by Crippen LogP contribution is 2.23. The number of likely N-dealkylation sites (tertiary alicyclic amines) is 1. The van der Waals surface area contributed by atoms with Crippen molar-refractivity contribution >= 4 is 11.8 Å². The summed E-state index contributed by atoms with van der Waals surface area (Å²) in [6.07, 6.45) is 1.58. The number of nitrogens with zero attached hydrogens (tertiary/aromatic N) is 2. The molecule has 1 atom stereocenters. The van der Waals surface area contributed by atoms with Crippen LogP contribution >= 0.6 is 0 Å². The summed E-state index contributed by atoms with van der Waals surface area (Å²) in [4.78, 5) is 28.6. The van der Waals surface area contributed by atoms with Gasteiger partial charge in [0, 0.05) is 30.8 Å². The molecule has 2 aliphatic heterocycles. The van der Waals surface area contributed by atoms with Gasteiger partial charge in [0.15, 0.2) is 11.6 Å². The Labute approximate surface area is 179 Å². The number of benzene rings is 2. The van der Waals surface area contributed by atoms with Crippen LogP contribution in [0.3, 0.4) is 0 Å². The predicted molar refractivity (Wildman–Crippen MR) is 109 cm³/mol. The second-order valence-corrected chi connectivity index (χ2v) is 7.66. The molecule has 164 valence electrons. The maximum absolute atomic E-state index is 13.5. The van der Waals surface area contributed by atoms with Crippen LogP contribution in [0, 0.1) is 11.6 Å². The van der Waals surface area contributed by atoms with E-state index in [1.54, 1.807) is 34.1 Å². The van der Waals surface area contributed by atoms with E-state index < -0.39 is 11.6 Å². The van der Waals surface area contributed by atoms with E-state index in [9.17, 15) is 18.4 Å². The number of amides is 2. The van der Waals surface area contributed by atoms with Crippen molar-refractivity contribution in [1.82, 2.24) is 9.80 Å². The minimum Gasteiger partial charge on any atom is -0.491 e. The van der Waals surface area contributed by atoms with Crippen molar-refractivity contribution < 1.29 is 27.8 Å². The van der Waals surface area contributed by atoms with Crippen molar-refractivity contribution in [3.8, 4) is 5.75 Å². The van der Waals surface area contributed by atoms with Crippen LogP contribution in [-0.4, -0.2) is 67.1 Å². The third kappa shape index (κ3) is 4.85. The fourth-order valence-electron chi connectivity index (χ4n) is 3.91. The highest BCUT2D eigenvalue weighted by atomic mass is 19.2. The van der Waals surface area contributed by atoms with Crippen LogP contribution in [0.4, 0.5) is 8.78 Å². The Kier molecular flexibility index (Phi) is 6.46. The van der Waals surface area contributed by atoms with Crippen LogP contribution < -0.4 is 4.74 Å². The maximum Gasteiger partial charge on any atom is 0.254 e. The Morgan fingerprint density at radius 3 is 2.35 bits per heavy atom. The average molecular weight is 430 g/mol. The van der Waals surface area contributed by atoms with E-state index in [-0.39, 0.29) is 30.0 Å². The van der Waals surface area contributed by atoms with Gasteiger partial charge in [-0.2, -0.15) is 0 Å². The van der Waals surface area contributed by atoms with Crippen molar-refractivity contribution in [3.05, 3.63) is 65.2 Å². The first-order valence-corrected chi connectivity index (χ1v) is 10.4. The van der Waals surface area contributed by atoms with Gasteiger partial charge in [-0.15, -0.1) is 0 Å². The minimum absolute atomic E-state index is 0.0334. The summed E-state index contributed by atoms with van der Waals surface area (Å²) in [5.41, 5.74) is 0.710. The third-order valence-corrected chi connectivity index (χ3v) is 5.65. The van der Waals surface area contributed by atoms with Crippen LogP contribution in [0.5, 0.6) is 5.75 Å². The smallest absolute Gasteiger partial charge is 0.254 e. The number of ether oxygens (including phenoxy) is 2. The van der Waals surface area contributed by atoms with Crippen molar-refractivity contribution in [2.45, 2.75) is 18.9 Å². The molecule has 31 heavy (non-hydrogen) atoms. The molecule has 2 heterocycles. The first kappa shape index (κ1) is 21.2. The SMILES string of the molecule is O=C(c1ccc(OC[C@@H]2CCCN2C(=O)c2ccc(F)c(F)c2)cc1)N1CCOCC1. The molecule has 2 saturated heterocycles. The van der Waals surface area contributed by atoms with Crippen LogP contribution in [0.2, 0.25) is 0 Å². The van der Waals surface area contributed by atoms with Crippen molar-refractivity contribution in [2.24, 2.45) is 0 Å². The van der Waals surface area contributed by atoms with Crippen molar-refractivity contribution in [1.29, 1.82) is 0 Å². The summed E-state index contributed by atoms with van der Waals surface area (Å²) < 4.78 is 37.8. The maximum atomic E-state index is 13.5. The lowest BCUT2D eigenvalue weighted by atomic mass is 10.1. The zero-order chi connectivity index (χ0) is 21.8. The molecule has 0 unspecified atom stereocenters. The number of morpholine rings is 1. The predicted octanol–water partition coefficient (Wildman–Crippen LogP) is 3.12. The molecule has 0 aliphatic carbocycles. The van der Waals surface area contributed by atoms with Gasteiger partial charge in [0.1, 0.15) is 12.4 Å². The molecule has 0 N–H and O–H groups in total. The fraction of sp³-hybridized carbons (Fsp3) is 0.391. The molecule has 8 heteroatoms. The summed E-state index contributed by atoms with van der Waals surface area (Å²) in [6.45, 7) is 3.09. The topological polar surface area (TPSA) is 59.1 Å². The number of hydrogen-bond donors (Lipinski definition) is 0. The molecule has 2 fully saturated rings. The summed E-state index contributed by atoms with van der Waals surface area (Å²) in [7, 11) is 0. The van der Waals surface area contributed by atoms with Gasteiger partial charge in [-0.25, -0.2) is 8.78 Å². The van der Waals surface area contributed by atoms with Crippen LogP contribution in [-0.2, 0) is 4.74 Å². The van der Waals surface area contributed by atoms with Gasteiger partial charge in [-0.3, -0.25) is 9.59 Å². The molecule has 2 aliphatic rings. The van der Waals surface area contributed by atoms with E-state index in [1.165, 1.54) is 6.07 Å². The Hall–Kier alpha value is -3.00. The Balaban J connectivity index is 1.35. The Morgan fingerprint density at radius 2 is 1.65 bits per heavy atom. The van der Waals surface area contributed by atoms with E-state index in [0.717, 1.165) is 25.0 Å². The van der Waals surface area contributed by atoms with Crippen molar-refractivity contribution in [3.63, 3.8) is 0 Å². The van der Waals surface area contributed by atoms with Gasteiger partial charge in [0.2, 0.25) is 0 Å². The third-order valence-electron chi connectivity index (χ3n) is 5.65. The van der Waals surface area contributed by atoms with Gasteiger partial charge < -0.3 is 19.3 Å². The van der Waals surface area contributed by atoms with Crippen LogP contribution in [0.25, 0.3) is 0 Å². The number of halogens is 2. The molecule has 6 nitrogen and oxygen atoms in total. The first-order valence-electron chi connectivity index (χ1n) is 10.4. The van der Waals surface area contributed by atoms with Gasteiger partial charge in [-0.1, -0.05) is 0 Å². The highest BCUT2D eigenvalue weighted by molar-refractivity contribution is 5.95. The molecule has 0 aromatic heterocycles. The summed E-state index contributed by atoms with van der Waals surface area (Å²) >= 11 is 0. The van der Waals surface area contributed by atoms with Gasteiger partial charge in [-0.05, 0) is 55.3 Å². The van der Waals surface area contributed by atoms with E-state index in [2.05, 4.69) is 0 Å². The van der Waals surface area contributed by atoms with Crippen LogP contribution in [0.1, 0.15) is 33.6 Å².